The van der Waals surface area contributed by atoms with Crippen molar-refractivity contribution in [1.29, 1.82) is 0 Å². The third kappa shape index (κ3) is 3.82. The number of nitrogens with zero attached hydrogens (tertiary/aromatic N) is 1. The lowest BCUT2D eigenvalue weighted by molar-refractivity contribution is 0.250. The van der Waals surface area contributed by atoms with Gasteiger partial charge in [0.15, 0.2) is 5.13 Å². The Morgan fingerprint density at radius 1 is 1.19 bits per heavy atom. The summed E-state index contributed by atoms with van der Waals surface area (Å²) in [5.74, 6) is 0. The lowest BCUT2D eigenvalue weighted by Crippen LogP contribution is -2.34. The zero-order valence-electron chi connectivity index (χ0n) is 13.1. The van der Waals surface area contributed by atoms with Gasteiger partial charge in [0.1, 0.15) is 0 Å². The smallest absolute Gasteiger partial charge is 0.321 e. The van der Waals surface area contributed by atoms with Crippen LogP contribution in [0.2, 0.25) is 0 Å². The molecule has 21 heavy (non-hydrogen) atoms. The van der Waals surface area contributed by atoms with Crippen molar-refractivity contribution < 1.29 is 4.79 Å². The summed E-state index contributed by atoms with van der Waals surface area (Å²) < 4.78 is 0. The third-order valence-corrected chi connectivity index (χ3v) is 3.84. The van der Waals surface area contributed by atoms with E-state index in [1.54, 1.807) is 0 Å². The van der Waals surface area contributed by atoms with Gasteiger partial charge in [0.25, 0.3) is 0 Å². The number of amides is 2. The van der Waals surface area contributed by atoms with Crippen molar-refractivity contribution in [3.63, 3.8) is 0 Å². The normalized spacial score (nSPS) is 10.8. The Kier molecular flexibility index (Phi) is 4.63. The monoisotopic (exact) mass is 303 g/mol. The number of hydrogen-bond acceptors (Lipinski definition) is 3. The second kappa shape index (κ2) is 6.26. The highest BCUT2D eigenvalue weighted by Gasteiger charge is 2.12. The molecule has 2 amide bonds. The fourth-order valence-electron chi connectivity index (χ4n) is 2.43. The number of thiazole rings is 1. The lowest BCUT2D eigenvalue weighted by atomic mass is 9.98. The Hall–Kier alpha value is -1.88. The number of rotatable bonds is 3. The summed E-state index contributed by atoms with van der Waals surface area (Å²) in [5, 5.41) is 8.15. The molecule has 5 heteroatoms. The molecular formula is C16H21N3OS. The van der Waals surface area contributed by atoms with Crippen molar-refractivity contribution in [2.75, 3.05) is 5.32 Å². The van der Waals surface area contributed by atoms with Crippen molar-refractivity contribution in [3.05, 3.63) is 34.2 Å². The highest BCUT2D eigenvalue weighted by atomic mass is 32.1. The third-order valence-electron chi connectivity index (χ3n) is 3.08. The van der Waals surface area contributed by atoms with Gasteiger partial charge in [-0.15, -0.1) is 11.3 Å². The van der Waals surface area contributed by atoms with Crippen LogP contribution >= 0.6 is 11.3 Å². The van der Waals surface area contributed by atoms with Crippen molar-refractivity contribution in [2.24, 2.45) is 0 Å². The van der Waals surface area contributed by atoms with Crippen LogP contribution in [-0.2, 0) is 0 Å². The van der Waals surface area contributed by atoms with Gasteiger partial charge < -0.3 is 5.32 Å². The molecule has 0 aliphatic carbocycles. The molecule has 0 radical (unpaired) electrons. The average Bonchev–Trinajstić information content (AvgIpc) is 2.74. The summed E-state index contributed by atoms with van der Waals surface area (Å²) in [6.45, 7) is 10.1. The molecule has 2 N–H and O–H groups in total. The van der Waals surface area contributed by atoms with Gasteiger partial charge in [-0.2, -0.15) is 0 Å². The number of carbonyl (C=O) groups is 1. The highest BCUT2D eigenvalue weighted by molar-refractivity contribution is 7.14. The van der Waals surface area contributed by atoms with Crippen LogP contribution in [0.4, 0.5) is 9.93 Å². The quantitative estimate of drug-likeness (QED) is 0.890. The summed E-state index contributed by atoms with van der Waals surface area (Å²) in [5.41, 5.74) is 5.72. The van der Waals surface area contributed by atoms with Crippen LogP contribution < -0.4 is 10.6 Å². The fraction of sp³-hybridized carbons (Fsp3) is 0.375. The van der Waals surface area contributed by atoms with Crippen LogP contribution in [0, 0.1) is 20.8 Å². The molecule has 0 saturated carbocycles. The van der Waals surface area contributed by atoms with E-state index < -0.39 is 0 Å². The minimum atomic E-state index is -0.219. The largest absolute Gasteiger partial charge is 0.336 e. The second-order valence-corrected chi connectivity index (χ2v) is 6.42. The zero-order chi connectivity index (χ0) is 15.6. The number of urea groups is 1. The van der Waals surface area contributed by atoms with Crippen LogP contribution in [0.25, 0.3) is 11.3 Å². The first-order valence-electron chi connectivity index (χ1n) is 6.98. The second-order valence-electron chi connectivity index (χ2n) is 5.56. The molecule has 0 atom stereocenters. The number of anilines is 1. The van der Waals surface area contributed by atoms with Gasteiger partial charge in [-0.3, -0.25) is 5.32 Å². The molecule has 2 rings (SSSR count). The van der Waals surface area contributed by atoms with Crippen molar-refractivity contribution in [3.8, 4) is 11.3 Å². The molecule has 0 fully saturated rings. The summed E-state index contributed by atoms with van der Waals surface area (Å²) in [6, 6.07) is 4.19. The van der Waals surface area contributed by atoms with E-state index in [0.717, 1.165) is 11.3 Å². The Morgan fingerprint density at radius 2 is 1.81 bits per heavy atom. The van der Waals surface area contributed by atoms with E-state index in [2.05, 4.69) is 48.5 Å². The van der Waals surface area contributed by atoms with Crippen LogP contribution in [0.5, 0.6) is 0 Å². The van der Waals surface area contributed by atoms with Crippen molar-refractivity contribution >= 4 is 22.5 Å². The predicted octanol–water partition coefficient (Wildman–Crippen LogP) is 4.27. The van der Waals surface area contributed by atoms with Crippen LogP contribution in [0.1, 0.15) is 30.5 Å². The Bertz CT molecular complexity index is 638. The van der Waals surface area contributed by atoms with E-state index in [0.29, 0.717) is 5.13 Å². The molecule has 2 aromatic rings. The minimum absolute atomic E-state index is 0.103. The number of aryl methyl sites for hydroxylation is 3. The van der Waals surface area contributed by atoms with E-state index in [1.165, 1.54) is 28.0 Å². The summed E-state index contributed by atoms with van der Waals surface area (Å²) in [7, 11) is 0. The molecule has 0 bridgehead atoms. The zero-order valence-corrected chi connectivity index (χ0v) is 13.9. The molecule has 112 valence electrons. The molecule has 1 aromatic carbocycles. The van der Waals surface area contributed by atoms with Gasteiger partial charge in [0, 0.05) is 17.0 Å². The Balaban J connectivity index is 2.23. The molecule has 0 aliphatic heterocycles. The molecule has 0 aliphatic rings. The number of carbonyl (C=O) groups excluding carboxylic acids is 1. The molecular weight excluding hydrogens is 282 g/mol. The molecule has 0 spiro atoms. The molecule has 0 unspecified atom stereocenters. The maximum Gasteiger partial charge on any atom is 0.321 e. The standard InChI is InChI=1S/C16H21N3OS/c1-9(2)17-15(20)19-16-18-13(8-21-16)14-11(4)6-10(3)7-12(14)5/h6-9H,1-5H3,(H2,17,18,19,20). The summed E-state index contributed by atoms with van der Waals surface area (Å²) in [6.07, 6.45) is 0. The fourth-order valence-corrected chi connectivity index (χ4v) is 3.12. The topological polar surface area (TPSA) is 54.0 Å². The number of hydrogen-bond donors (Lipinski definition) is 2. The van der Waals surface area contributed by atoms with E-state index in [4.69, 9.17) is 0 Å². The van der Waals surface area contributed by atoms with Crippen LogP contribution in [0.15, 0.2) is 17.5 Å². The first-order chi connectivity index (χ1) is 9.86. The van der Waals surface area contributed by atoms with E-state index in [9.17, 15) is 4.79 Å². The molecule has 4 nitrogen and oxygen atoms in total. The molecule has 1 aromatic heterocycles. The lowest BCUT2D eigenvalue weighted by Gasteiger charge is -2.09. The minimum Gasteiger partial charge on any atom is -0.336 e. The van der Waals surface area contributed by atoms with Crippen molar-refractivity contribution in [2.45, 2.75) is 40.7 Å². The predicted molar refractivity (Wildman–Crippen MR) is 89.1 cm³/mol. The van der Waals surface area contributed by atoms with Crippen LogP contribution in [-0.4, -0.2) is 17.1 Å². The summed E-state index contributed by atoms with van der Waals surface area (Å²) in [4.78, 5) is 16.2. The van der Waals surface area contributed by atoms with Gasteiger partial charge in [-0.25, -0.2) is 9.78 Å². The van der Waals surface area contributed by atoms with E-state index >= 15 is 0 Å². The van der Waals surface area contributed by atoms with Gasteiger partial charge in [0.05, 0.1) is 5.69 Å². The molecule has 1 heterocycles. The van der Waals surface area contributed by atoms with E-state index in [1.807, 2.05) is 19.2 Å². The van der Waals surface area contributed by atoms with Crippen LogP contribution in [0.3, 0.4) is 0 Å². The van der Waals surface area contributed by atoms with Gasteiger partial charge in [-0.1, -0.05) is 17.7 Å². The summed E-state index contributed by atoms with van der Waals surface area (Å²) >= 11 is 1.44. The average molecular weight is 303 g/mol. The first-order valence-corrected chi connectivity index (χ1v) is 7.86. The Labute approximate surface area is 129 Å². The van der Waals surface area contributed by atoms with Gasteiger partial charge >= 0.3 is 6.03 Å². The Morgan fingerprint density at radius 3 is 2.38 bits per heavy atom. The maximum atomic E-state index is 11.7. The molecule has 0 saturated heterocycles. The van der Waals surface area contributed by atoms with Gasteiger partial charge in [0.2, 0.25) is 0 Å². The van der Waals surface area contributed by atoms with Gasteiger partial charge in [-0.05, 0) is 45.7 Å². The number of aromatic nitrogens is 1. The number of benzene rings is 1. The SMILES string of the molecule is Cc1cc(C)c(-c2csc(NC(=O)NC(C)C)n2)c(C)c1. The highest BCUT2D eigenvalue weighted by Crippen LogP contribution is 2.30. The van der Waals surface area contributed by atoms with Crippen molar-refractivity contribution in [1.82, 2.24) is 10.3 Å². The maximum absolute atomic E-state index is 11.7. The van der Waals surface area contributed by atoms with E-state index in [-0.39, 0.29) is 12.1 Å². The number of nitrogens with one attached hydrogen (secondary N) is 2. The first kappa shape index (κ1) is 15.5.